The zero-order valence-electron chi connectivity index (χ0n) is 20.8. The first-order valence-corrected chi connectivity index (χ1v) is 12.6. The maximum absolute atomic E-state index is 2.49. The highest BCUT2D eigenvalue weighted by Gasteiger charge is 2.19. The number of aromatic nitrogens is 1. The standard InChI is InChI=1S/C35H27N/c1-22-16-19-31-33(20-22)36(25-18-17-24(3)32(21-25)26-11-5-4-10-23(26)2)35-30-15-9-7-13-28(30)27-12-6-8-14-29(27)34(31)35/h4-21H,1-3H3. The van der Waals surface area contributed by atoms with Crippen molar-refractivity contribution in [3.8, 4) is 16.8 Å². The Hall–Kier alpha value is -4.36. The van der Waals surface area contributed by atoms with Crippen molar-refractivity contribution in [3.63, 3.8) is 0 Å². The van der Waals surface area contributed by atoms with Gasteiger partial charge in [-0.25, -0.2) is 0 Å². The van der Waals surface area contributed by atoms with Crippen LogP contribution in [0.3, 0.4) is 0 Å². The summed E-state index contributed by atoms with van der Waals surface area (Å²) in [5.41, 5.74) is 10.2. The Labute approximate surface area is 211 Å². The first-order chi connectivity index (χ1) is 17.6. The van der Waals surface area contributed by atoms with E-state index in [1.165, 1.54) is 76.9 Å². The van der Waals surface area contributed by atoms with Crippen LogP contribution in [0.15, 0.2) is 109 Å². The van der Waals surface area contributed by atoms with Gasteiger partial charge >= 0.3 is 0 Å². The van der Waals surface area contributed by atoms with E-state index in [9.17, 15) is 0 Å². The number of hydrogen-bond donors (Lipinski definition) is 0. The van der Waals surface area contributed by atoms with Gasteiger partial charge in [-0.1, -0.05) is 91.0 Å². The molecule has 0 unspecified atom stereocenters. The maximum Gasteiger partial charge on any atom is 0.0625 e. The van der Waals surface area contributed by atoms with Gasteiger partial charge in [0.1, 0.15) is 0 Å². The smallest absolute Gasteiger partial charge is 0.0625 e. The molecule has 7 aromatic rings. The molecule has 0 fully saturated rings. The summed E-state index contributed by atoms with van der Waals surface area (Å²) in [4.78, 5) is 0. The first-order valence-electron chi connectivity index (χ1n) is 12.6. The Bertz CT molecular complexity index is 1970. The predicted molar refractivity (Wildman–Crippen MR) is 155 cm³/mol. The summed E-state index contributed by atoms with van der Waals surface area (Å²) in [5.74, 6) is 0. The van der Waals surface area contributed by atoms with E-state index in [4.69, 9.17) is 0 Å². The predicted octanol–water partition coefficient (Wildman–Crippen LogP) is 9.68. The molecule has 0 N–H and O–H groups in total. The van der Waals surface area contributed by atoms with E-state index in [2.05, 4.69) is 135 Å². The minimum atomic E-state index is 1.20. The number of rotatable bonds is 2. The molecule has 7 rings (SSSR count). The average molecular weight is 462 g/mol. The van der Waals surface area contributed by atoms with Crippen LogP contribution in [0.2, 0.25) is 0 Å². The molecule has 1 aromatic heterocycles. The van der Waals surface area contributed by atoms with Crippen molar-refractivity contribution in [1.82, 2.24) is 4.57 Å². The Kier molecular flexibility index (Phi) is 4.56. The fourth-order valence-corrected chi connectivity index (χ4v) is 5.97. The van der Waals surface area contributed by atoms with E-state index in [1.807, 2.05) is 0 Å². The Morgan fingerprint density at radius 3 is 1.89 bits per heavy atom. The Morgan fingerprint density at radius 2 is 1.11 bits per heavy atom. The molecule has 1 nitrogen and oxygen atoms in total. The molecular formula is C35H27N. The van der Waals surface area contributed by atoms with Crippen molar-refractivity contribution in [2.24, 2.45) is 0 Å². The minimum absolute atomic E-state index is 1.20. The van der Waals surface area contributed by atoms with Crippen molar-refractivity contribution in [2.45, 2.75) is 20.8 Å². The third-order valence-electron chi connectivity index (χ3n) is 7.71. The van der Waals surface area contributed by atoms with E-state index in [-0.39, 0.29) is 0 Å². The van der Waals surface area contributed by atoms with Crippen LogP contribution >= 0.6 is 0 Å². The van der Waals surface area contributed by atoms with Crippen LogP contribution in [0, 0.1) is 20.8 Å². The lowest BCUT2D eigenvalue weighted by Crippen LogP contribution is -1.97. The zero-order chi connectivity index (χ0) is 24.4. The summed E-state index contributed by atoms with van der Waals surface area (Å²) in [7, 11) is 0. The number of aryl methyl sites for hydroxylation is 3. The van der Waals surface area contributed by atoms with Crippen molar-refractivity contribution in [1.29, 1.82) is 0 Å². The second-order valence-electron chi connectivity index (χ2n) is 9.98. The highest BCUT2D eigenvalue weighted by molar-refractivity contribution is 6.32. The van der Waals surface area contributed by atoms with Crippen LogP contribution < -0.4 is 0 Å². The molecule has 0 saturated carbocycles. The maximum atomic E-state index is 2.49. The molecule has 0 aliphatic carbocycles. The van der Waals surface area contributed by atoms with E-state index < -0.39 is 0 Å². The molecule has 0 atom stereocenters. The van der Waals surface area contributed by atoms with Crippen molar-refractivity contribution in [2.75, 3.05) is 0 Å². The van der Waals surface area contributed by atoms with Gasteiger partial charge in [-0.2, -0.15) is 0 Å². The lowest BCUT2D eigenvalue weighted by Gasteiger charge is -2.15. The fraction of sp³-hybridized carbons (Fsp3) is 0.0857. The van der Waals surface area contributed by atoms with Crippen LogP contribution in [0.25, 0.3) is 60.2 Å². The van der Waals surface area contributed by atoms with Gasteiger partial charge in [0.2, 0.25) is 0 Å². The molecule has 0 bridgehead atoms. The van der Waals surface area contributed by atoms with Gasteiger partial charge in [0.25, 0.3) is 0 Å². The van der Waals surface area contributed by atoms with E-state index in [0.717, 1.165) is 0 Å². The van der Waals surface area contributed by atoms with Crippen LogP contribution in [-0.4, -0.2) is 4.57 Å². The molecule has 0 aliphatic heterocycles. The van der Waals surface area contributed by atoms with Gasteiger partial charge in [-0.05, 0) is 82.9 Å². The van der Waals surface area contributed by atoms with Gasteiger partial charge in [0.05, 0.1) is 11.0 Å². The molecule has 0 aliphatic rings. The Balaban J connectivity index is 1.70. The zero-order valence-corrected chi connectivity index (χ0v) is 20.8. The number of fused-ring (bicyclic) bond motifs is 8. The van der Waals surface area contributed by atoms with E-state index in [1.54, 1.807) is 0 Å². The largest absolute Gasteiger partial charge is 0.309 e. The summed E-state index contributed by atoms with van der Waals surface area (Å²) in [6, 6.07) is 40.2. The van der Waals surface area contributed by atoms with Gasteiger partial charge in [0.15, 0.2) is 0 Å². The van der Waals surface area contributed by atoms with Gasteiger partial charge in [-0.3, -0.25) is 0 Å². The molecule has 1 heteroatoms. The monoisotopic (exact) mass is 461 g/mol. The van der Waals surface area contributed by atoms with Crippen molar-refractivity contribution >= 4 is 43.4 Å². The summed E-state index contributed by atoms with van der Waals surface area (Å²) < 4.78 is 2.49. The van der Waals surface area contributed by atoms with Crippen LogP contribution in [0.1, 0.15) is 16.7 Å². The summed E-state index contributed by atoms with van der Waals surface area (Å²) >= 11 is 0. The van der Waals surface area contributed by atoms with E-state index >= 15 is 0 Å². The van der Waals surface area contributed by atoms with Crippen molar-refractivity contribution in [3.05, 3.63) is 126 Å². The van der Waals surface area contributed by atoms with Crippen LogP contribution in [0.4, 0.5) is 0 Å². The minimum Gasteiger partial charge on any atom is -0.309 e. The average Bonchev–Trinajstić information content (AvgIpc) is 3.24. The third kappa shape index (κ3) is 2.96. The number of nitrogens with zero attached hydrogens (tertiary/aromatic N) is 1. The molecule has 0 spiro atoms. The third-order valence-corrected chi connectivity index (χ3v) is 7.71. The second-order valence-corrected chi connectivity index (χ2v) is 9.98. The lowest BCUT2D eigenvalue weighted by molar-refractivity contribution is 1.18. The molecular weight excluding hydrogens is 434 g/mol. The summed E-state index contributed by atoms with van der Waals surface area (Å²) in [6.45, 7) is 6.60. The normalized spacial score (nSPS) is 11.8. The lowest BCUT2D eigenvalue weighted by atomic mass is 9.95. The van der Waals surface area contributed by atoms with E-state index in [0.29, 0.717) is 0 Å². The summed E-state index contributed by atoms with van der Waals surface area (Å²) in [5, 5.41) is 7.84. The molecule has 6 aromatic carbocycles. The fourth-order valence-electron chi connectivity index (χ4n) is 5.97. The SMILES string of the molecule is Cc1ccc2c3c4ccccc4c4ccccc4c3n(-c3ccc(C)c(-c4ccccc4C)c3)c2c1. The second kappa shape index (κ2) is 7.83. The topological polar surface area (TPSA) is 4.93 Å². The highest BCUT2D eigenvalue weighted by Crippen LogP contribution is 2.43. The number of hydrogen-bond acceptors (Lipinski definition) is 0. The van der Waals surface area contributed by atoms with Crippen molar-refractivity contribution < 1.29 is 0 Å². The molecule has 0 amide bonds. The molecule has 36 heavy (non-hydrogen) atoms. The van der Waals surface area contributed by atoms with Gasteiger partial charge in [-0.15, -0.1) is 0 Å². The number of benzene rings is 6. The molecule has 0 radical (unpaired) electrons. The first kappa shape index (κ1) is 21.0. The Morgan fingerprint density at radius 1 is 0.472 bits per heavy atom. The molecule has 0 saturated heterocycles. The highest BCUT2D eigenvalue weighted by atomic mass is 15.0. The molecule has 1 heterocycles. The molecule has 172 valence electrons. The summed E-state index contributed by atoms with van der Waals surface area (Å²) in [6.07, 6.45) is 0. The quantitative estimate of drug-likeness (QED) is 0.226. The van der Waals surface area contributed by atoms with Gasteiger partial charge in [0, 0.05) is 21.8 Å². The van der Waals surface area contributed by atoms with Gasteiger partial charge < -0.3 is 4.57 Å². The van der Waals surface area contributed by atoms with Crippen LogP contribution in [0.5, 0.6) is 0 Å². The van der Waals surface area contributed by atoms with Crippen LogP contribution in [-0.2, 0) is 0 Å².